The van der Waals surface area contributed by atoms with E-state index in [0.29, 0.717) is 10.8 Å². The zero-order valence-electron chi connectivity index (χ0n) is 9.77. The number of hydrogen-bond donors (Lipinski definition) is 2. The lowest BCUT2D eigenvalue weighted by Crippen LogP contribution is -2.07. The number of amides is 1. The summed E-state index contributed by atoms with van der Waals surface area (Å²) in [7, 11) is 0. The lowest BCUT2D eigenvalue weighted by atomic mass is 10.1. The third-order valence-corrected chi connectivity index (χ3v) is 2.79. The number of halogens is 1. The first kappa shape index (κ1) is 12.4. The molecule has 0 aliphatic rings. The molecule has 92 valence electrons. The van der Waals surface area contributed by atoms with Crippen LogP contribution in [0.4, 0.5) is 5.82 Å². The normalized spacial score (nSPS) is 10.8. The van der Waals surface area contributed by atoms with Gasteiger partial charge in [-0.25, -0.2) is 0 Å². The quantitative estimate of drug-likeness (QED) is 0.835. The summed E-state index contributed by atoms with van der Waals surface area (Å²) in [6.07, 6.45) is 4.72. The fourth-order valence-electron chi connectivity index (χ4n) is 1.38. The molecule has 0 spiro atoms. The molecule has 5 heteroatoms. The van der Waals surface area contributed by atoms with Crippen molar-refractivity contribution < 1.29 is 4.79 Å². The van der Waals surface area contributed by atoms with Crippen molar-refractivity contribution in [2.75, 3.05) is 5.32 Å². The lowest BCUT2D eigenvalue weighted by molar-refractivity contribution is -0.111. The van der Waals surface area contributed by atoms with Crippen molar-refractivity contribution in [2.45, 2.75) is 6.92 Å². The number of anilines is 1. The number of aromatic amines is 1. The van der Waals surface area contributed by atoms with Crippen molar-refractivity contribution in [2.24, 2.45) is 0 Å². The molecule has 18 heavy (non-hydrogen) atoms. The van der Waals surface area contributed by atoms with Crippen LogP contribution in [0.2, 0.25) is 5.02 Å². The first-order valence-corrected chi connectivity index (χ1v) is 5.77. The molecule has 0 saturated heterocycles. The van der Waals surface area contributed by atoms with E-state index in [9.17, 15) is 4.79 Å². The van der Waals surface area contributed by atoms with E-state index in [1.165, 1.54) is 6.08 Å². The predicted molar refractivity (Wildman–Crippen MR) is 72.4 cm³/mol. The number of nitrogens with one attached hydrogen (secondary N) is 2. The summed E-state index contributed by atoms with van der Waals surface area (Å²) in [6.45, 7) is 1.93. The van der Waals surface area contributed by atoms with E-state index in [1.54, 1.807) is 18.3 Å². The van der Waals surface area contributed by atoms with Gasteiger partial charge in [0.2, 0.25) is 5.91 Å². The molecule has 1 amide bonds. The fourth-order valence-corrected chi connectivity index (χ4v) is 1.57. The molecule has 0 fully saturated rings. The molecule has 2 aromatic rings. The molecule has 1 heterocycles. The topological polar surface area (TPSA) is 57.8 Å². The molecule has 0 unspecified atom stereocenters. The number of aryl methyl sites for hydroxylation is 1. The maximum atomic E-state index is 11.6. The maximum absolute atomic E-state index is 11.6. The van der Waals surface area contributed by atoms with Crippen LogP contribution in [-0.4, -0.2) is 16.1 Å². The van der Waals surface area contributed by atoms with Crippen LogP contribution >= 0.6 is 11.6 Å². The number of carbonyl (C=O) groups is 1. The molecule has 1 aromatic carbocycles. The Labute approximate surface area is 110 Å². The molecular weight excluding hydrogens is 250 g/mol. The van der Waals surface area contributed by atoms with Crippen LogP contribution in [0.15, 0.2) is 36.5 Å². The van der Waals surface area contributed by atoms with Crippen molar-refractivity contribution in [3.63, 3.8) is 0 Å². The molecule has 2 rings (SSSR count). The summed E-state index contributed by atoms with van der Waals surface area (Å²) in [5.74, 6) is 0.336. The van der Waals surface area contributed by atoms with Crippen molar-refractivity contribution >= 4 is 29.4 Å². The van der Waals surface area contributed by atoms with Gasteiger partial charge in [0.15, 0.2) is 0 Å². The number of aromatic nitrogens is 2. The third-order valence-electron chi connectivity index (χ3n) is 2.38. The zero-order valence-corrected chi connectivity index (χ0v) is 10.5. The Morgan fingerprint density at radius 1 is 1.44 bits per heavy atom. The summed E-state index contributed by atoms with van der Waals surface area (Å²) in [6, 6.07) is 7.31. The number of nitrogens with zero attached hydrogens (tertiary/aromatic N) is 1. The van der Waals surface area contributed by atoms with Gasteiger partial charge in [-0.2, -0.15) is 5.10 Å². The van der Waals surface area contributed by atoms with Crippen molar-refractivity contribution in [1.82, 2.24) is 10.2 Å². The second-order valence-corrected chi connectivity index (χ2v) is 4.21. The molecule has 0 aliphatic carbocycles. The maximum Gasteiger partial charge on any atom is 0.249 e. The number of hydrogen-bond acceptors (Lipinski definition) is 2. The van der Waals surface area contributed by atoms with Gasteiger partial charge in [-0.3, -0.25) is 9.89 Å². The first-order valence-electron chi connectivity index (χ1n) is 5.40. The minimum atomic E-state index is -0.226. The van der Waals surface area contributed by atoms with Crippen LogP contribution in [0.1, 0.15) is 11.1 Å². The molecule has 0 atom stereocenters. The monoisotopic (exact) mass is 261 g/mol. The smallest absolute Gasteiger partial charge is 0.249 e. The highest BCUT2D eigenvalue weighted by Gasteiger charge is 1.99. The van der Waals surface area contributed by atoms with E-state index in [2.05, 4.69) is 15.5 Å². The molecular formula is C13H12ClN3O. The number of carbonyl (C=O) groups excluding carboxylic acids is 1. The Kier molecular flexibility index (Phi) is 3.79. The van der Waals surface area contributed by atoms with E-state index in [-0.39, 0.29) is 5.91 Å². The van der Waals surface area contributed by atoms with Crippen molar-refractivity contribution in [3.05, 3.63) is 52.7 Å². The van der Waals surface area contributed by atoms with Gasteiger partial charge in [-0.1, -0.05) is 23.7 Å². The SMILES string of the molecule is Cc1ccc(/C=C/C(=O)Nc2ccn[nH]2)cc1Cl. The van der Waals surface area contributed by atoms with E-state index in [0.717, 1.165) is 11.1 Å². The molecule has 0 radical (unpaired) electrons. The Morgan fingerprint density at radius 3 is 2.94 bits per heavy atom. The molecule has 0 bridgehead atoms. The Balaban J connectivity index is 2.01. The van der Waals surface area contributed by atoms with Crippen molar-refractivity contribution in [1.29, 1.82) is 0 Å². The van der Waals surface area contributed by atoms with Crippen LogP contribution < -0.4 is 5.32 Å². The fraction of sp³-hybridized carbons (Fsp3) is 0.0769. The van der Waals surface area contributed by atoms with E-state index >= 15 is 0 Å². The highest BCUT2D eigenvalue weighted by Crippen LogP contribution is 2.17. The average Bonchev–Trinajstić information content (AvgIpc) is 2.83. The number of rotatable bonds is 3. The minimum Gasteiger partial charge on any atom is -0.307 e. The van der Waals surface area contributed by atoms with Gasteiger partial charge in [0.05, 0.1) is 6.20 Å². The van der Waals surface area contributed by atoms with Crippen LogP contribution in [0.25, 0.3) is 6.08 Å². The molecule has 0 saturated carbocycles. The van der Waals surface area contributed by atoms with Crippen molar-refractivity contribution in [3.8, 4) is 0 Å². The van der Waals surface area contributed by atoms with Gasteiger partial charge in [0.1, 0.15) is 5.82 Å². The summed E-state index contributed by atoms with van der Waals surface area (Å²) in [5.41, 5.74) is 1.89. The lowest BCUT2D eigenvalue weighted by Gasteiger charge is -1.99. The average molecular weight is 262 g/mol. The summed E-state index contributed by atoms with van der Waals surface area (Å²) in [5, 5.41) is 9.71. The number of H-pyrrole nitrogens is 1. The second kappa shape index (κ2) is 5.51. The predicted octanol–water partition coefficient (Wildman–Crippen LogP) is 3.02. The summed E-state index contributed by atoms with van der Waals surface area (Å²) in [4.78, 5) is 11.6. The molecule has 1 aromatic heterocycles. The van der Waals surface area contributed by atoms with Crippen LogP contribution in [0.5, 0.6) is 0 Å². The molecule has 4 nitrogen and oxygen atoms in total. The minimum absolute atomic E-state index is 0.226. The Bertz CT molecular complexity index is 576. The summed E-state index contributed by atoms with van der Waals surface area (Å²) >= 11 is 6.00. The zero-order chi connectivity index (χ0) is 13.0. The highest BCUT2D eigenvalue weighted by atomic mass is 35.5. The molecule has 2 N–H and O–H groups in total. The van der Waals surface area contributed by atoms with Crippen LogP contribution in [0.3, 0.4) is 0 Å². The van der Waals surface area contributed by atoms with Gasteiger partial charge in [-0.15, -0.1) is 0 Å². The number of benzene rings is 1. The van der Waals surface area contributed by atoms with Gasteiger partial charge in [0, 0.05) is 17.2 Å². The Hall–Kier alpha value is -2.07. The highest BCUT2D eigenvalue weighted by molar-refractivity contribution is 6.31. The van der Waals surface area contributed by atoms with Gasteiger partial charge in [-0.05, 0) is 30.2 Å². The van der Waals surface area contributed by atoms with Crippen LogP contribution in [0, 0.1) is 6.92 Å². The van der Waals surface area contributed by atoms with Gasteiger partial charge in [0.25, 0.3) is 0 Å². The van der Waals surface area contributed by atoms with E-state index in [1.807, 2.05) is 25.1 Å². The van der Waals surface area contributed by atoms with Gasteiger partial charge >= 0.3 is 0 Å². The Morgan fingerprint density at radius 2 is 2.28 bits per heavy atom. The molecule has 0 aliphatic heterocycles. The standard InChI is InChI=1S/C13H12ClN3O/c1-9-2-3-10(8-11(9)14)4-5-13(18)16-12-6-7-15-17-12/h2-8H,1H3,(H2,15,16,17,18)/b5-4+. The van der Waals surface area contributed by atoms with Gasteiger partial charge < -0.3 is 5.32 Å². The second-order valence-electron chi connectivity index (χ2n) is 3.80. The third kappa shape index (κ3) is 3.21. The summed E-state index contributed by atoms with van der Waals surface area (Å²) < 4.78 is 0. The van der Waals surface area contributed by atoms with E-state index < -0.39 is 0 Å². The first-order chi connectivity index (χ1) is 8.65. The largest absolute Gasteiger partial charge is 0.307 e. The van der Waals surface area contributed by atoms with Crippen LogP contribution in [-0.2, 0) is 4.79 Å². The van der Waals surface area contributed by atoms with E-state index in [4.69, 9.17) is 11.6 Å².